The lowest BCUT2D eigenvalue weighted by Crippen LogP contribution is -2.34. The van der Waals surface area contributed by atoms with Gasteiger partial charge in [0, 0.05) is 30.0 Å². The lowest BCUT2D eigenvalue weighted by molar-refractivity contribution is 0.0927. The Bertz CT molecular complexity index is 748. The molecule has 0 spiro atoms. The average Bonchev–Trinajstić information content (AvgIpc) is 2.61. The minimum absolute atomic E-state index is 0.189. The van der Waals surface area contributed by atoms with Gasteiger partial charge in [0.15, 0.2) is 0 Å². The lowest BCUT2D eigenvalue weighted by Gasteiger charge is -2.08. The highest BCUT2D eigenvalue weighted by Crippen LogP contribution is 2.10. The van der Waals surface area contributed by atoms with Crippen molar-refractivity contribution in [3.8, 4) is 0 Å². The van der Waals surface area contributed by atoms with Crippen LogP contribution < -0.4 is 10.6 Å². The smallest absolute Gasteiger partial charge is 0.251 e. The molecule has 25 heavy (non-hydrogen) atoms. The second-order valence-electron chi connectivity index (χ2n) is 5.61. The van der Waals surface area contributed by atoms with Gasteiger partial charge in [-0.15, -0.1) is 0 Å². The fraction of sp³-hybridized carbons (Fsp3) is 0.263. The second-order valence-corrected chi connectivity index (χ2v) is 6.47. The number of nitrogens with one attached hydrogen (secondary N) is 2. The normalized spacial score (nSPS) is 10.4. The fourth-order valence-corrected chi connectivity index (χ4v) is 2.74. The van der Waals surface area contributed by atoms with Gasteiger partial charge in [0.1, 0.15) is 5.82 Å². The van der Waals surface area contributed by atoms with E-state index in [0.29, 0.717) is 17.7 Å². The van der Waals surface area contributed by atoms with E-state index in [2.05, 4.69) is 10.6 Å². The fourth-order valence-electron chi connectivity index (χ4n) is 2.21. The molecule has 132 valence electrons. The maximum Gasteiger partial charge on any atom is 0.251 e. The molecule has 0 aromatic heterocycles. The van der Waals surface area contributed by atoms with Crippen LogP contribution in [0.5, 0.6) is 0 Å². The van der Waals surface area contributed by atoms with Crippen LogP contribution in [0, 0.1) is 12.7 Å². The number of aryl methyl sites for hydroxylation is 1. The van der Waals surface area contributed by atoms with Crippen molar-refractivity contribution >= 4 is 23.6 Å². The van der Waals surface area contributed by atoms with Crippen molar-refractivity contribution in [3.63, 3.8) is 0 Å². The summed E-state index contributed by atoms with van der Waals surface area (Å²) < 4.78 is 13.5. The molecule has 4 nitrogen and oxygen atoms in total. The first-order valence-corrected chi connectivity index (χ1v) is 9.31. The number of rotatable bonds is 7. The Kier molecular flexibility index (Phi) is 7.01. The van der Waals surface area contributed by atoms with Crippen molar-refractivity contribution < 1.29 is 14.0 Å². The molecule has 0 heterocycles. The molecule has 0 fully saturated rings. The van der Waals surface area contributed by atoms with Gasteiger partial charge in [0.25, 0.3) is 11.8 Å². The summed E-state index contributed by atoms with van der Waals surface area (Å²) in [5, 5.41) is 5.40. The topological polar surface area (TPSA) is 58.2 Å². The monoisotopic (exact) mass is 360 g/mol. The molecular weight excluding hydrogens is 339 g/mol. The van der Waals surface area contributed by atoms with Gasteiger partial charge in [0.2, 0.25) is 0 Å². The second kappa shape index (κ2) is 9.22. The third-order valence-corrected chi connectivity index (χ3v) is 4.28. The van der Waals surface area contributed by atoms with Crippen molar-refractivity contribution in [2.45, 2.75) is 12.7 Å². The van der Waals surface area contributed by atoms with Crippen molar-refractivity contribution in [1.82, 2.24) is 10.6 Å². The molecule has 0 aliphatic heterocycles. The predicted molar refractivity (Wildman–Crippen MR) is 99.5 cm³/mol. The van der Waals surface area contributed by atoms with Gasteiger partial charge in [0.05, 0.1) is 0 Å². The summed E-state index contributed by atoms with van der Waals surface area (Å²) in [6, 6.07) is 11.8. The molecule has 2 aromatic rings. The van der Waals surface area contributed by atoms with Crippen molar-refractivity contribution in [2.75, 3.05) is 19.3 Å². The number of carbonyl (C=O) groups excluding carboxylic acids is 2. The summed E-state index contributed by atoms with van der Waals surface area (Å²) in [6.45, 7) is 2.20. The first kappa shape index (κ1) is 19.0. The largest absolute Gasteiger partial charge is 0.350 e. The van der Waals surface area contributed by atoms with Gasteiger partial charge >= 0.3 is 0 Å². The van der Waals surface area contributed by atoms with Gasteiger partial charge in [-0.1, -0.05) is 18.2 Å². The maximum absolute atomic E-state index is 13.5. The zero-order chi connectivity index (χ0) is 18.2. The number of hydrogen-bond acceptors (Lipinski definition) is 3. The Hall–Kier alpha value is -2.34. The maximum atomic E-state index is 13.5. The number of carbonyl (C=O) groups is 2. The summed E-state index contributed by atoms with van der Waals surface area (Å²) in [5.74, 6) is -0.0557. The molecule has 0 saturated heterocycles. The van der Waals surface area contributed by atoms with Crippen LogP contribution in [0.25, 0.3) is 0 Å². The molecule has 0 unspecified atom stereocenters. The van der Waals surface area contributed by atoms with Gasteiger partial charge in [-0.05, 0) is 48.6 Å². The summed E-state index contributed by atoms with van der Waals surface area (Å²) >= 11 is 1.72. The van der Waals surface area contributed by atoms with E-state index in [1.807, 2.05) is 18.4 Å². The lowest BCUT2D eigenvalue weighted by atomic mass is 10.1. The third kappa shape index (κ3) is 5.60. The summed E-state index contributed by atoms with van der Waals surface area (Å²) in [7, 11) is 0. The predicted octanol–water partition coefficient (Wildman–Crippen LogP) is 3.16. The van der Waals surface area contributed by atoms with E-state index >= 15 is 0 Å². The SMILES string of the molecule is CSCc1ccc(C(=O)NCCNC(=O)c2ccc(C)c(F)c2)cc1. The highest BCUT2D eigenvalue weighted by atomic mass is 32.2. The molecular formula is C19H21FN2O2S. The average molecular weight is 360 g/mol. The van der Waals surface area contributed by atoms with Gasteiger partial charge < -0.3 is 10.6 Å². The quantitative estimate of drug-likeness (QED) is 0.746. The van der Waals surface area contributed by atoms with Crippen LogP contribution in [0.3, 0.4) is 0 Å². The van der Waals surface area contributed by atoms with E-state index in [1.54, 1.807) is 43.0 Å². The Morgan fingerprint density at radius 2 is 1.52 bits per heavy atom. The zero-order valence-electron chi connectivity index (χ0n) is 14.3. The van der Waals surface area contributed by atoms with Crippen LogP contribution in [0.1, 0.15) is 31.8 Å². The number of benzene rings is 2. The molecule has 6 heteroatoms. The van der Waals surface area contributed by atoms with Gasteiger partial charge in [-0.2, -0.15) is 11.8 Å². The Labute approximate surface area is 151 Å². The minimum Gasteiger partial charge on any atom is -0.350 e. The van der Waals surface area contributed by atoms with Crippen LogP contribution in [0.2, 0.25) is 0 Å². The molecule has 2 rings (SSSR count). The minimum atomic E-state index is -0.411. The molecule has 2 N–H and O–H groups in total. The van der Waals surface area contributed by atoms with E-state index in [-0.39, 0.29) is 23.9 Å². The van der Waals surface area contributed by atoms with Crippen molar-refractivity contribution in [1.29, 1.82) is 0 Å². The van der Waals surface area contributed by atoms with E-state index in [4.69, 9.17) is 0 Å². The molecule has 0 atom stereocenters. The number of hydrogen-bond donors (Lipinski definition) is 2. The number of halogens is 1. The molecule has 0 saturated carbocycles. The van der Waals surface area contributed by atoms with Crippen LogP contribution in [0.15, 0.2) is 42.5 Å². The Balaban J connectivity index is 1.77. The van der Waals surface area contributed by atoms with Crippen LogP contribution in [0.4, 0.5) is 4.39 Å². The van der Waals surface area contributed by atoms with E-state index in [9.17, 15) is 14.0 Å². The molecule has 0 aliphatic rings. The van der Waals surface area contributed by atoms with E-state index in [1.165, 1.54) is 11.6 Å². The van der Waals surface area contributed by atoms with Crippen molar-refractivity contribution in [3.05, 3.63) is 70.5 Å². The molecule has 2 amide bonds. The highest BCUT2D eigenvalue weighted by Gasteiger charge is 2.08. The summed E-state index contributed by atoms with van der Waals surface area (Å²) in [6.07, 6.45) is 2.03. The molecule has 0 radical (unpaired) electrons. The zero-order valence-corrected chi connectivity index (χ0v) is 15.1. The van der Waals surface area contributed by atoms with E-state index in [0.717, 1.165) is 5.75 Å². The molecule has 0 aliphatic carbocycles. The first-order valence-electron chi connectivity index (χ1n) is 7.91. The van der Waals surface area contributed by atoms with Crippen LogP contribution >= 0.6 is 11.8 Å². The van der Waals surface area contributed by atoms with Gasteiger partial charge in [-0.25, -0.2) is 4.39 Å². The number of thioether (sulfide) groups is 1. The van der Waals surface area contributed by atoms with Crippen LogP contribution in [-0.4, -0.2) is 31.2 Å². The summed E-state index contributed by atoms with van der Waals surface area (Å²) in [4.78, 5) is 24.0. The molecule has 2 aromatic carbocycles. The first-order chi connectivity index (χ1) is 12.0. The Morgan fingerprint density at radius 3 is 2.08 bits per heavy atom. The Morgan fingerprint density at radius 1 is 0.960 bits per heavy atom. The van der Waals surface area contributed by atoms with Gasteiger partial charge in [-0.3, -0.25) is 9.59 Å². The molecule has 0 bridgehead atoms. The standard InChI is InChI=1S/C19H21FN2O2S/c1-13-3-6-16(11-17(13)20)19(24)22-10-9-21-18(23)15-7-4-14(5-8-15)12-25-2/h3-8,11H,9-10,12H2,1-2H3,(H,21,23)(H,22,24). The number of amides is 2. The van der Waals surface area contributed by atoms with Crippen LogP contribution in [-0.2, 0) is 5.75 Å². The summed E-state index contributed by atoms with van der Waals surface area (Å²) in [5.41, 5.74) is 2.50. The van der Waals surface area contributed by atoms with Crippen molar-refractivity contribution in [2.24, 2.45) is 0 Å². The highest BCUT2D eigenvalue weighted by molar-refractivity contribution is 7.97. The van der Waals surface area contributed by atoms with E-state index < -0.39 is 5.82 Å². The third-order valence-electron chi connectivity index (χ3n) is 3.66.